The van der Waals surface area contributed by atoms with Crippen molar-refractivity contribution in [2.45, 2.75) is 6.54 Å². The molecule has 0 unspecified atom stereocenters. The molecule has 2 aromatic heterocycles. The molecule has 0 saturated carbocycles. The molecule has 0 spiro atoms. The SMILES string of the molecule is O=C(Nc1ccc(N2CCOCC2)cc1)c1cn(Cc2ccccc2)nc1-c1cccnc1. The summed E-state index contributed by atoms with van der Waals surface area (Å²) in [6.45, 7) is 3.81. The first-order valence-electron chi connectivity index (χ1n) is 11.0. The van der Waals surface area contributed by atoms with Gasteiger partial charge in [-0.1, -0.05) is 30.3 Å². The Morgan fingerprint density at radius 3 is 2.48 bits per heavy atom. The Morgan fingerprint density at radius 2 is 1.76 bits per heavy atom. The minimum Gasteiger partial charge on any atom is -0.378 e. The molecule has 0 atom stereocenters. The van der Waals surface area contributed by atoms with Crippen molar-refractivity contribution in [1.82, 2.24) is 14.8 Å². The first-order chi connectivity index (χ1) is 16.3. The standard InChI is InChI=1S/C26H25N5O2/c32-26(28-22-8-10-23(11-9-22)30-13-15-33-16-14-30)24-19-31(18-20-5-2-1-3-6-20)29-25(24)21-7-4-12-27-17-21/h1-12,17,19H,13-16,18H2,(H,28,32). The molecule has 1 fully saturated rings. The Kier molecular flexibility index (Phi) is 6.12. The largest absolute Gasteiger partial charge is 0.378 e. The number of hydrogen-bond donors (Lipinski definition) is 1. The number of morpholine rings is 1. The minimum atomic E-state index is -0.202. The summed E-state index contributed by atoms with van der Waals surface area (Å²) in [5.41, 5.74) is 4.91. The number of pyridine rings is 1. The van der Waals surface area contributed by atoms with Gasteiger partial charge in [0.1, 0.15) is 5.69 Å². The van der Waals surface area contributed by atoms with Gasteiger partial charge in [0.15, 0.2) is 0 Å². The van der Waals surface area contributed by atoms with Crippen LogP contribution in [-0.4, -0.2) is 47.0 Å². The molecule has 0 radical (unpaired) electrons. The van der Waals surface area contributed by atoms with Gasteiger partial charge >= 0.3 is 0 Å². The van der Waals surface area contributed by atoms with E-state index in [-0.39, 0.29) is 5.91 Å². The van der Waals surface area contributed by atoms with Crippen LogP contribution in [0, 0.1) is 0 Å². The van der Waals surface area contributed by atoms with Gasteiger partial charge < -0.3 is 15.0 Å². The van der Waals surface area contributed by atoms with E-state index in [9.17, 15) is 4.79 Å². The van der Waals surface area contributed by atoms with Crippen molar-refractivity contribution in [2.24, 2.45) is 0 Å². The lowest BCUT2D eigenvalue weighted by molar-refractivity contribution is 0.102. The Bertz CT molecular complexity index is 1200. The van der Waals surface area contributed by atoms with Crippen LogP contribution >= 0.6 is 0 Å². The van der Waals surface area contributed by atoms with Crippen molar-refractivity contribution in [2.75, 3.05) is 36.5 Å². The fourth-order valence-corrected chi connectivity index (χ4v) is 3.93. The maximum Gasteiger partial charge on any atom is 0.259 e. The van der Waals surface area contributed by atoms with Crippen molar-refractivity contribution in [1.29, 1.82) is 0 Å². The van der Waals surface area contributed by atoms with E-state index >= 15 is 0 Å². The Morgan fingerprint density at radius 1 is 0.970 bits per heavy atom. The number of amides is 1. The van der Waals surface area contributed by atoms with Crippen LogP contribution in [0.4, 0.5) is 11.4 Å². The average molecular weight is 440 g/mol. The highest BCUT2D eigenvalue weighted by Gasteiger charge is 2.19. The topological polar surface area (TPSA) is 72.3 Å². The molecule has 1 N–H and O–H groups in total. The number of nitrogens with zero attached hydrogens (tertiary/aromatic N) is 4. The quantitative estimate of drug-likeness (QED) is 0.490. The van der Waals surface area contributed by atoms with E-state index in [0.29, 0.717) is 17.8 Å². The number of rotatable bonds is 6. The molecular formula is C26H25N5O2. The molecule has 0 bridgehead atoms. The van der Waals surface area contributed by atoms with Gasteiger partial charge in [0.05, 0.1) is 25.3 Å². The van der Waals surface area contributed by atoms with E-state index < -0.39 is 0 Å². The Balaban J connectivity index is 1.38. The number of anilines is 2. The summed E-state index contributed by atoms with van der Waals surface area (Å²) in [5, 5.41) is 7.73. The van der Waals surface area contributed by atoms with Crippen molar-refractivity contribution in [3.63, 3.8) is 0 Å². The van der Waals surface area contributed by atoms with Crippen LogP contribution in [0.25, 0.3) is 11.3 Å². The predicted octanol–water partition coefficient (Wildman–Crippen LogP) is 4.08. The van der Waals surface area contributed by atoms with Crippen LogP contribution in [0.15, 0.2) is 85.3 Å². The van der Waals surface area contributed by atoms with Gasteiger partial charge in [-0.3, -0.25) is 14.5 Å². The lowest BCUT2D eigenvalue weighted by Crippen LogP contribution is -2.36. The van der Waals surface area contributed by atoms with Crippen molar-refractivity contribution in [3.05, 3.63) is 96.4 Å². The van der Waals surface area contributed by atoms with Gasteiger partial charge in [-0.15, -0.1) is 0 Å². The molecule has 1 amide bonds. The summed E-state index contributed by atoms with van der Waals surface area (Å²) in [7, 11) is 0. The van der Waals surface area contributed by atoms with E-state index in [1.165, 1.54) is 0 Å². The van der Waals surface area contributed by atoms with E-state index in [2.05, 4.69) is 15.2 Å². The fraction of sp³-hybridized carbons (Fsp3) is 0.192. The number of benzene rings is 2. The lowest BCUT2D eigenvalue weighted by Gasteiger charge is -2.28. The summed E-state index contributed by atoms with van der Waals surface area (Å²) < 4.78 is 7.22. The third-order valence-corrected chi connectivity index (χ3v) is 5.63. The summed E-state index contributed by atoms with van der Waals surface area (Å²) >= 11 is 0. The van der Waals surface area contributed by atoms with Gasteiger partial charge in [-0.25, -0.2) is 0 Å². The molecule has 7 heteroatoms. The molecule has 2 aromatic carbocycles. The molecular weight excluding hydrogens is 414 g/mol. The lowest BCUT2D eigenvalue weighted by atomic mass is 10.1. The average Bonchev–Trinajstić information content (AvgIpc) is 3.30. The number of nitrogens with one attached hydrogen (secondary N) is 1. The van der Waals surface area contributed by atoms with E-state index in [1.54, 1.807) is 23.3 Å². The summed E-state index contributed by atoms with van der Waals surface area (Å²) in [5.74, 6) is -0.202. The number of aromatic nitrogens is 3. The molecule has 33 heavy (non-hydrogen) atoms. The van der Waals surface area contributed by atoms with Crippen LogP contribution in [0.5, 0.6) is 0 Å². The van der Waals surface area contributed by atoms with Crippen molar-refractivity contribution in [3.8, 4) is 11.3 Å². The molecule has 3 heterocycles. The van der Waals surface area contributed by atoms with Crippen LogP contribution in [-0.2, 0) is 11.3 Å². The third kappa shape index (κ3) is 4.94. The maximum absolute atomic E-state index is 13.2. The maximum atomic E-state index is 13.2. The van der Waals surface area contributed by atoms with Gasteiger partial charge in [0, 0.05) is 48.6 Å². The first kappa shape index (κ1) is 20.9. The molecule has 166 valence electrons. The zero-order valence-corrected chi connectivity index (χ0v) is 18.2. The molecule has 5 rings (SSSR count). The van der Waals surface area contributed by atoms with Gasteiger partial charge in [0.25, 0.3) is 5.91 Å². The second kappa shape index (κ2) is 9.67. The smallest absolute Gasteiger partial charge is 0.259 e. The van der Waals surface area contributed by atoms with Crippen molar-refractivity contribution >= 4 is 17.3 Å². The molecule has 1 saturated heterocycles. The second-order valence-corrected chi connectivity index (χ2v) is 7.92. The highest BCUT2D eigenvalue weighted by molar-refractivity contribution is 6.08. The second-order valence-electron chi connectivity index (χ2n) is 7.92. The highest BCUT2D eigenvalue weighted by Crippen LogP contribution is 2.24. The van der Waals surface area contributed by atoms with E-state index in [0.717, 1.165) is 48.8 Å². The van der Waals surface area contributed by atoms with E-state index in [1.807, 2.05) is 66.7 Å². The number of ether oxygens (including phenoxy) is 1. The minimum absolute atomic E-state index is 0.202. The number of hydrogen-bond acceptors (Lipinski definition) is 5. The normalized spacial score (nSPS) is 13.6. The summed E-state index contributed by atoms with van der Waals surface area (Å²) in [4.78, 5) is 19.7. The first-order valence-corrected chi connectivity index (χ1v) is 11.0. The molecule has 7 nitrogen and oxygen atoms in total. The number of carbonyl (C=O) groups is 1. The summed E-state index contributed by atoms with van der Waals surface area (Å²) in [6, 6.07) is 21.7. The highest BCUT2D eigenvalue weighted by atomic mass is 16.5. The summed E-state index contributed by atoms with van der Waals surface area (Å²) in [6.07, 6.45) is 5.23. The molecule has 0 aliphatic carbocycles. The monoisotopic (exact) mass is 439 g/mol. The van der Waals surface area contributed by atoms with Crippen LogP contribution in [0.3, 0.4) is 0 Å². The van der Waals surface area contributed by atoms with Gasteiger partial charge in [0.2, 0.25) is 0 Å². The van der Waals surface area contributed by atoms with Crippen LogP contribution in [0.1, 0.15) is 15.9 Å². The van der Waals surface area contributed by atoms with Crippen LogP contribution in [0.2, 0.25) is 0 Å². The zero-order valence-electron chi connectivity index (χ0n) is 18.2. The molecule has 4 aromatic rings. The van der Waals surface area contributed by atoms with Gasteiger partial charge in [-0.2, -0.15) is 5.10 Å². The van der Waals surface area contributed by atoms with Crippen molar-refractivity contribution < 1.29 is 9.53 Å². The number of carbonyl (C=O) groups excluding carboxylic acids is 1. The Labute approximate surface area is 192 Å². The Hall–Kier alpha value is -3.97. The molecule has 1 aliphatic rings. The zero-order chi connectivity index (χ0) is 22.5. The fourth-order valence-electron chi connectivity index (χ4n) is 3.93. The molecule has 1 aliphatic heterocycles. The predicted molar refractivity (Wildman–Crippen MR) is 128 cm³/mol. The van der Waals surface area contributed by atoms with Gasteiger partial charge in [-0.05, 0) is 42.0 Å². The van der Waals surface area contributed by atoms with E-state index in [4.69, 9.17) is 9.84 Å². The third-order valence-electron chi connectivity index (χ3n) is 5.63. The van der Waals surface area contributed by atoms with Crippen LogP contribution < -0.4 is 10.2 Å².